The molecule has 0 aromatic carbocycles. The molecule has 114 valence electrons. The molecule has 1 heterocycles. The minimum Gasteiger partial charge on any atom is -0.316 e. The van der Waals surface area contributed by atoms with Gasteiger partial charge in [-0.1, -0.05) is 32.8 Å². The fraction of sp³-hybridized carbons (Fsp3) is 0.765. The van der Waals surface area contributed by atoms with E-state index in [4.69, 9.17) is 0 Å². The van der Waals surface area contributed by atoms with Crippen molar-refractivity contribution < 1.29 is 0 Å². The van der Waals surface area contributed by atoms with E-state index in [1.54, 1.807) is 0 Å². The second-order valence-electron chi connectivity index (χ2n) is 6.98. The van der Waals surface area contributed by atoms with Gasteiger partial charge < -0.3 is 10.2 Å². The van der Waals surface area contributed by atoms with E-state index in [-0.39, 0.29) is 0 Å². The molecule has 20 heavy (non-hydrogen) atoms. The summed E-state index contributed by atoms with van der Waals surface area (Å²) in [7, 11) is 2.28. The highest BCUT2D eigenvalue weighted by molar-refractivity contribution is 7.09. The van der Waals surface area contributed by atoms with E-state index >= 15 is 0 Å². The summed E-state index contributed by atoms with van der Waals surface area (Å²) in [5, 5.41) is 5.89. The predicted molar refractivity (Wildman–Crippen MR) is 89.3 cm³/mol. The molecule has 2 rings (SSSR count). The molecular weight excluding hydrogens is 264 g/mol. The van der Waals surface area contributed by atoms with E-state index in [0.717, 1.165) is 19.0 Å². The summed E-state index contributed by atoms with van der Waals surface area (Å²) < 4.78 is 0. The van der Waals surface area contributed by atoms with Crippen LogP contribution in [0, 0.1) is 11.3 Å². The zero-order valence-corrected chi connectivity index (χ0v) is 14.1. The van der Waals surface area contributed by atoms with Crippen molar-refractivity contribution in [1.29, 1.82) is 0 Å². The molecule has 1 aromatic heterocycles. The molecule has 0 radical (unpaired) electrons. The van der Waals surface area contributed by atoms with Crippen LogP contribution in [-0.4, -0.2) is 31.6 Å². The fourth-order valence-electron chi connectivity index (χ4n) is 3.44. The second kappa shape index (κ2) is 7.58. The summed E-state index contributed by atoms with van der Waals surface area (Å²) in [4.78, 5) is 4.00. The highest BCUT2D eigenvalue weighted by Crippen LogP contribution is 2.38. The van der Waals surface area contributed by atoms with E-state index in [0.29, 0.717) is 5.41 Å². The summed E-state index contributed by atoms with van der Waals surface area (Å²) in [6.07, 6.45) is 5.62. The maximum Gasteiger partial charge on any atom is 0.0325 e. The first kappa shape index (κ1) is 16.0. The van der Waals surface area contributed by atoms with Gasteiger partial charge in [-0.25, -0.2) is 0 Å². The molecule has 3 heteroatoms. The number of rotatable bonds is 8. The molecule has 0 unspecified atom stereocenters. The third kappa shape index (κ3) is 4.87. The Balaban J connectivity index is 1.84. The lowest BCUT2D eigenvalue weighted by Crippen LogP contribution is -2.41. The van der Waals surface area contributed by atoms with Crippen molar-refractivity contribution in [2.45, 2.75) is 46.1 Å². The van der Waals surface area contributed by atoms with Crippen LogP contribution in [0.25, 0.3) is 0 Å². The third-order valence-corrected chi connectivity index (χ3v) is 5.19. The smallest absolute Gasteiger partial charge is 0.0325 e. The quantitative estimate of drug-likeness (QED) is 0.780. The van der Waals surface area contributed by atoms with E-state index in [2.05, 4.69) is 48.6 Å². The van der Waals surface area contributed by atoms with Crippen LogP contribution in [0.5, 0.6) is 0 Å². The van der Waals surface area contributed by atoms with Crippen molar-refractivity contribution >= 4 is 11.3 Å². The zero-order valence-electron chi connectivity index (χ0n) is 13.3. The van der Waals surface area contributed by atoms with Crippen LogP contribution in [-0.2, 0) is 6.54 Å². The average Bonchev–Trinajstić information content (AvgIpc) is 3.01. The van der Waals surface area contributed by atoms with Crippen molar-refractivity contribution in [1.82, 2.24) is 10.2 Å². The maximum absolute atomic E-state index is 3.71. The topological polar surface area (TPSA) is 15.3 Å². The Hall–Kier alpha value is -0.380. The fourth-order valence-corrected chi connectivity index (χ4v) is 4.22. The average molecular weight is 295 g/mol. The molecule has 0 aliphatic heterocycles. The molecule has 1 saturated carbocycles. The van der Waals surface area contributed by atoms with E-state index < -0.39 is 0 Å². The van der Waals surface area contributed by atoms with Crippen LogP contribution < -0.4 is 5.32 Å². The first-order valence-electron chi connectivity index (χ1n) is 8.01. The van der Waals surface area contributed by atoms with Gasteiger partial charge in [0.25, 0.3) is 0 Å². The molecule has 1 aromatic rings. The van der Waals surface area contributed by atoms with Crippen LogP contribution in [0.3, 0.4) is 0 Å². The Morgan fingerprint density at radius 1 is 1.35 bits per heavy atom. The lowest BCUT2D eigenvalue weighted by Gasteiger charge is -2.34. The first-order valence-corrected chi connectivity index (χ1v) is 8.89. The van der Waals surface area contributed by atoms with Crippen LogP contribution in [0.4, 0.5) is 0 Å². The van der Waals surface area contributed by atoms with Gasteiger partial charge in [0, 0.05) is 24.5 Å². The zero-order chi connectivity index (χ0) is 14.4. The van der Waals surface area contributed by atoms with Gasteiger partial charge in [-0.2, -0.15) is 0 Å². The van der Waals surface area contributed by atoms with Crippen LogP contribution >= 0.6 is 11.3 Å². The Morgan fingerprint density at radius 3 is 2.70 bits per heavy atom. The Bertz CT molecular complexity index is 366. The summed E-state index contributed by atoms with van der Waals surface area (Å²) in [5.41, 5.74) is 0.515. The molecule has 0 amide bonds. The van der Waals surface area contributed by atoms with Crippen molar-refractivity contribution in [2.24, 2.45) is 11.3 Å². The van der Waals surface area contributed by atoms with Crippen LogP contribution in [0.15, 0.2) is 17.5 Å². The number of nitrogens with zero attached hydrogens (tertiary/aromatic N) is 1. The summed E-state index contributed by atoms with van der Waals surface area (Å²) in [5.74, 6) is 0.748. The molecule has 0 atom stereocenters. The molecule has 1 aliphatic carbocycles. The van der Waals surface area contributed by atoms with Gasteiger partial charge in [-0.15, -0.1) is 11.3 Å². The molecule has 1 aliphatic rings. The SMILES string of the molecule is CC(C)CNCC1(CN(C)Cc2cccs2)CCCC1. The standard InChI is InChI=1S/C17H30N2S/c1-15(2)11-18-13-17(8-4-5-9-17)14-19(3)12-16-7-6-10-20-16/h6-7,10,15,18H,4-5,8-9,11-14H2,1-3H3. The van der Waals surface area contributed by atoms with Gasteiger partial charge >= 0.3 is 0 Å². The van der Waals surface area contributed by atoms with Gasteiger partial charge in [0.05, 0.1) is 0 Å². The van der Waals surface area contributed by atoms with Crippen LogP contribution in [0.1, 0.15) is 44.4 Å². The normalized spacial score (nSPS) is 18.2. The Kier molecular flexibility index (Phi) is 6.06. The molecule has 2 nitrogen and oxygen atoms in total. The lowest BCUT2D eigenvalue weighted by molar-refractivity contribution is 0.167. The Labute approximate surface area is 128 Å². The van der Waals surface area contributed by atoms with Gasteiger partial charge in [0.1, 0.15) is 0 Å². The summed E-state index contributed by atoms with van der Waals surface area (Å²) in [6, 6.07) is 4.41. The summed E-state index contributed by atoms with van der Waals surface area (Å²) in [6.45, 7) is 9.25. The number of hydrogen-bond donors (Lipinski definition) is 1. The molecule has 0 spiro atoms. The molecular formula is C17H30N2S. The largest absolute Gasteiger partial charge is 0.316 e. The van der Waals surface area contributed by atoms with E-state index in [1.807, 2.05) is 11.3 Å². The first-order chi connectivity index (χ1) is 9.60. The van der Waals surface area contributed by atoms with Gasteiger partial charge in [-0.3, -0.25) is 0 Å². The van der Waals surface area contributed by atoms with Crippen molar-refractivity contribution in [3.05, 3.63) is 22.4 Å². The highest BCUT2D eigenvalue weighted by Gasteiger charge is 2.34. The van der Waals surface area contributed by atoms with Crippen molar-refractivity contribution in [3.8, 4) is 0 Å². The van der Waals surface area contributed by atoms with Crippen molar-refractivity contribution in [3.63, 3.8) is 0 Å². The number of hydrogen-bond acceptors (Lipinski definition) is 3. The van der Waals surface area contributed by atoms with Gasteiger partial charge in [0.15, 0.2) is 0 Å². The monoisotopic (exact) mass is 294 g/mol. The third-order valence-electron chi connectivity index (χ3n) is 4.33. The summed E-state index contributed by atoms with van der Waals surface area (Å²) >= 11 is 1.87. The van der Waals surface area contributed by atoms with Crippen LogP contribution in [0.2, 0.25) is 0 Å². The number of nitrogens with one attached hydrogen (secondary N) is 1. The van der Waals surface area contributed by atoms with Gasteiger partial charge in [-0.05, 0) is 49.2 Å². The number of thiophene rings is 1. The highest BCUT2D eigenvalue weighted by atomic mass is 32.1. The molecule has 0 bridgehead atoms. The van der Waals surface area contributed by atoms with E-state index in [9.17, 15) is 0 Å². The van der Waals surface area contributed by atoms with Gasteiger partial charge in [0.2, 0.25) is 0 Å². The minimum atomic E-state index is 0.515. The maximum atomic E-state index is 3.71. The second-order valence-corrected chi connectivity index (χ2v) is 8.02. The Morgan fingerprint density at radius 2 is 2.10 bits per heavy atom. The lowest BCUT2D eigenvalue weighted by atomic mass is 9.85. The molecule has 1 N–H and O–H groups in total. The molecule has 0 saturated heterocycles. The molecule has 1 fully saturated rings. The minimum absolute atomic E-state index is 0.515. The van der Waals surface area contributed by atoms with E-state index in [1.165, 1.54) is 43.6 Å². The predicted octanol–water partition coefficient (Wildman–Crippen LogP) is 3.99. The van der Waals surface area contributed by atoms with Crippen molar-refractivity contribution in [2.75, 3.05) is 26.7 Å².